The van der Waals surface area contributed by atoms with E-state index in [-0.39, 0.29) is 11.9 Å². The normalized spacial score (nSPS) is 23.7. The van der Waals surface area contributed by atoms with Gasteiger partial charge in [-0.2, -0.15) is 0 Å². The molecule has 0 saturated carbocycles. The van der Waals surface area contributed by atoms with E-state index in [4.69, 9.17) is 4.74 Å². The van der Waals surface area contributed by atoms with Crippen LogP contribution in [0.3, 0.4) is 0 Å². The Labute approximate surface area is 83.3 Å². The van der Waals surface area contributed by atoms with Crippen LogP contribution < -0.4 is 0 Å². The zero-order chi connectivity index (χ0) is 9.97. The maximum Gasteiger partial charge on any atom is 0.123 e. The van der Waals surface area contributed by atoms with Crippen LogP contribution in [0.4, 0.5) is 4.39 Å². The van der Waals surface area contributed by atoms with Crippen molar-refractivity contribution >= 4 is 0 Å². The largest absolute Gasteiger partial charge is 0.378 e. The van der Waals surface area contributed by atoms with E-state index in [1.807, 2.05) is 13.1 Å². The van der Waals surface area contributed by atoms with Gasteiger partial charge < -0.3 is 4.74 Å². The van der Waals surface area contributed by atoms with Gasteiger partial charge in [0.15, 0.2) is 0 Å². The molecule has 0 radical (unpaired) electrons. The number of morpholine rings is 1. The topological polar surface area (TPSA) is 12.5 Å². The Morgan fingerprint density at radius 2 is 2.36 bits per heavy atom. The summed E-state index contributed by atoms with van der Waals surface area (Å²) in [6, 6.07) is 6.93. The van der Waals surface area contributed by atoms with Gasteiger partial charge >= 0.3 is 0 Å². The Balaban J connectivity index is 2.20. The molecule has 1 aromatic carbocycles. The standard InChI is InChI=1S/C11H14FNO/c1-13-5-6-14-8-11(13)9-3-2-4-10(12)7-9/h2-4,7,11H,5-6,8H2,1H3. The molecule has 1 aromatic rings. The minimum absolute atomic E-state index is 0.179. The summed E-state index contributed by atoms with van der Waals surface area (Å²) in [4.78, 5) is 2.19. The second-order valence-corrected chi connectivity index (χ2v) is 3.63. The van der Waals surface area contributed by atoms with E-state index < -0.39 is 0 Å². The molecule has 1 unspecified atom stereocenters. The molecule has 1 heterocycles. The van der Waals surface area contributed by atoms with E-state index in [2.05, 4.69) is 4.90 Å². The third kappa shape index (κ3) is 1.94. The SMILES string of the molecule is CN1CCOCC1c1cccc(F)c1. The van der Waals surface area contributed by atoms with Gasteiger partial charge in [-0.15, -0.1) is 0 Å². The molecule has 2 rings (SSSR count). The van der Waals surface area contributed by atoms with Crippen molar-refractivity contribution in [2.24, 2.45) is 0 Å². The molecule has 0 spiro atoms. The van der Waals surface area contributed by atoms with E-state index >= 15 is 0 Å². The van der Waals surface area contributed by atoms with Gasteiger partial charge in [-0.3, -0.25) is 4.90 Å². The number of hydrogen-bond donors (Lipinski definition) is 0. The average molecular weight is 195 g/mol. The third-order valence-electron chi connectivity index (χ3n) is 2.63. The Kier molecular flexibility index (Phi) is 2.79. The van der Waals surface area contributed by atoms with Crippen LogP contribution in [-0.4, -0.2) is 31.7 Å². The minimum Gasteiger partial charge on any atom is -0.378 e. The number of likely N-dealkylation sites (N-methyl/N-ethyl adjacent to an activating group) is 1. The summed E-state index contributed by atoms with van der Waals surface area (Å²) in [6.45, 7) is 2.32. The van der Waals surface area contributed by atoms with Crippen LogP contribution in [0, 0.1) is 5.82 Å². The first-order valence-corrected chi connectivity index (χ1v) is 4.81. The van der Waals surface area contributed by atoms with Crippen molar-refractivity contribution in [2.45, 2.75) is 6.04 Å². The van der Waals surface area contributed by atoms with Crippen LogP contribution in [0.2, 0.25) is 0 Å². The van der Waals surface area contributed by atoms with Gasteiger partial charge in [-0.1, -0.05) is 12.1 Å². The van der Waals surface area contributed by atoms with Crippen LogP contribution >= 0.6 is 0 Å². The first-order chi connectivity index (χ1) is 6.77. The van der Waals surface area contributed by atoms with Crippen molar-refractivity contribution in [1.82, 2.24) is 4.90 Å². The predicted octanol–water partition coefficient (Wildman–Crippen LogP) is 1.83. The molecular formula is C11H14FNO. The first kappa shape index (κ1) is 9.62. The highest BCUT2D eigenvalue weighted by Gasteiger charge is 2.21. The Bertz CT molecular complexity index is 316. The summed E-state index contributed by atoms with van der Waals surface area (Å²) in [5.74, 6) is -0.179. The van der Waals surface area contributed by atoms with Gasteiger partial charge in [0.1, 0.15) is 5.82 Å². The highest BCUT2D eigenvalue weighted by atomic mass is 19.1. The Morgan fingerprint density at radius 3 is 3.07 bits per heavy atom. The summed E-state index contributed by atoms with van der Waals surface area (Å²) in [5.41, 5.74) is 0.993. The van der Waals surface area contributed by atoms with Crippen molar-refractivity contribution < 1.29 is 9.13 Å². The van der Waals surface area contributed by atoms with Crippen LogP contribution in [0.1, 0.15) is 11.6 Å². The van der Waals surface area contributed by atoms with E-state index in [1.54, 1.807) is 12.1 Å². The zero-order valence-corrected chi connectivity index (χ0v) is 8.24. The molecule has 0 aromatic heterocycles. The fraction of sp³-hybridized carbons (Fsp3) is 0.455. The lowest BCUT2D eigenvalue weighted by molar-refractivity contribution is 0.00497. The summed E-state index contributed by atoms with van der Waals surface area (Å²) in [6.07, 6.45) is 0. The smallest absolute Gasteiger partial charge is 0.123 e. The van der Waals surface area contributed by atoms with Crippen molar-refractivity contribution in [3.05, 3.63) is 35.6 Å². The minimum atomic E-state index is -0.179. The highest BCUT2D eigenvalue weighted by molar-refractivity contribution is 5.20. The lowest BCUT2D eigenvalue weighted by Crippen LogP contribution is -2.36. The van der Waals surface area contributed by atoms with Gasteiger partial charge in [0.25, 0.3) is 0 Å². The number of ether oxygens (including phenoxy) is 1. The number of rotatable bonds is 1. The van der Waals surface area contributed by atoms with Gasteiger partial charge in [-0.05, 0) is 24.7 Å². The molecule has 0 amide bonds. The van der Waals surface area contributed by atoms with Gasteiger partial charge in [-0.25, -0.2) is 4.39 Å². The van der Waals surface area contributed by atoms with E-state index in [9.17, 15) is 4.39 Å². The molecule has 3 heteroatoms. The first-order valence-electron chi connectivity index (χ1n) is 4.81. The monoisotopic (exact) mass is 195 g/mol. The molecule has 14 heavy (non-hydrogen) atoms. The van der Waals surface area contributed by atoms with Gasteiger partial charge in [0.2, 0.25) is 0 Å². The summed E-state index contributed by atoms with van der Waals surface area (Å²) >= 11 is 0. The fourth-order valence-corrected chi connectivity index (χ4v) is 1.75. The van der Waals surface area contributed by atoms with Gasteiger partial charge in [0, 0.05) is 6.54 Å². The number of hydrogen-bond acceptors (Lipinski definition) is 2. The Hall–Kier alpha value is -0.930. The van der Waals surface area contributed by atoms with E-state index in [0.717, 1.165) is 18.7 Å². The Morgan fingerprint density at radius 1 is 1.50 bits per heavy atom. The molecule has 2 nitrogen and oxygen atoms in total. The zero-order valence-electron chi connectivity index (χ0n) is 8.24. The number of halogens is 1. The lowest BCUT2D eigenvalue weighted by atomic mass is 10.1. The molecule has 1 saturated heterocycles. The summed E-state index contributed by atoms with van der Waals surface area (Å²) < 4.78 is 18.4. The van der Waals surface area contributed by atoms with Crippen LogP contribution in [0.5, 0.6) is 0 Å². The second kappa shape index (κ2) is 4.07. The lowest BCUT2D eigenvalue weighted by Gasteiger charge is -2.32. The predicted molar refractivity (Wildman–Crippen MR) is 52.6 cm³/mol. The van der Waals surface area contributed by atoms with Gasteiger partial charge in [0.05, 0.1) is 19.3 Å². The third-order valence-corrected chi connectivity index (χ3v) is 2.63. The molecule has 0 bridgehead atoms. The molecule has 1 atom stereocenters. The van der Waals surface area contributed by atoms with Crippen LogP contribution in [-0.2, 0) is 4.74 Å². The summed E-state index contributed by atoms with van der Waals surface area (Å²) in [5, 5.41) is 0. The van der Waals surface area contributed by atoms with Crippen LogP contribution in [0.25, 0.3) is 0 Å². The quantitative estimate of drug-likeness (QED) is 0.677. The maximum atomic E-state index is 13.0. The average Bonchev–Trinajstić information content (AvgIpc) is 2.18. The molecule has 1 fully saturated rings. The molecular weight excluding hydrogens is 181 g/mol. The fourth-order valence-electron chi connectivity index (χ4n) is 1.75. The molecule has 0 aliphatic carbocycles. The number of benzene rings is 1. The second-order valence-electron chi connectivity index (χ2n) is 3.63. The summed E-state index contributed by atoms with van der Waals surface area (Å²) in [7, 11) is 2.04. The van der Waals surface area contributed by atoms with Crippen molar-refractivity contribution in [3.8, 4) is 0 Å². The van der Waals surface area contributed by atoms with Crippen molar-refractivity contribution in [1.29, 1.82) is 0 Å². The van der Waals surface area contributed by atoms with Crippen LogP contribution in [0.15, 0.2) is 24.3 Å². The highest BCUT2D eigenvalue weighted by Crippen LogP contribution is 2.22. The van der Waals surface area contributed by atoms with E-state index in [0.29, 0.717) is 6.61 Å². The number of nitrogens with zero attached hydrogens (tertiary/aromatic N) is 1. The molecule has 1 aliphatic heterocycles. The van der Waals surface area contributed by atoms with Crippen molar-refractivity contribution in [3.63, 3.8) is 0 Å². The molecule has 76 valence electrons. The molecule has 1 aliphatic rings. The van der Waals surface area contributed by atoms with E-state index in [1.165, 1.54) is 6.07 Å². The molecule has 0 N–H and O–H groups in total. The van der Waals surface area contributed by atoms with Crippen molar-refractivity contribution in [2.75, 3.05) is 26.8 Å². The maximum absolute atomic E-state index is 13.0.